The van der Waals surface area contributed by atoms with Gasteiger partial charge < -0.3 is 10.6 Å². The maximum absolute atomic E-state index is 12.1. The van der Waals surface area contributed by atoms with Gasteiger partial charge in [0.15, 0.2) is 0 Å². The lowest BCUT2D eigenvalue weighted by Crippen LogP contribution is -2.29. The van der Waals surface area contributed by atoms with Crippen molar-refractivity contribution in [3.8, 4) is 0 Å². The van der Waals surface area contributed by atoms with Crippen molar-refractivity contribution in [2.24, 2.45) is 0 Å². The van der Waals surface area contributed by atoms with Crippen molar-refractivity contribution in [3.05, 3.63) is 46.4 Å². The summed E-state index contributed by atoms with van der Waals surface area (Å²) in [5.74, 6) is -0.0635. The van der Waals surface area contributed by atoms with Crippen LogP contribution in [0.2, 0.25) is 0 Å². The Labute approximate surface area is 110 Å². The third-order valence-electron chi connectivity index (χ3n) is 2.70. The molecule has 0 fully saturated rings. The Balaban J connectivity index is 1.99. The zero-order chi connectivity index (χ0) is 13.0. The van der Waals surface area contributed by atoms with Gasteiger partial charge in [-0.1, -0.05) is 6.07 Å². The number of hydrogen-bond donors (Lipinski definition) is 1. The van der Waals surface area contributed by atoms with Crippen LogP contribution in [0.3, 0.4) is 0 Å². The van der Waals surface area contributed by atoms with Crippen LogP contribution in [-0.2, 0) is 6.42 Å². The number of nitrogen functional groups attached to an aromatic ring is 1. The second kappa shape index (κ2) is 5.64. The fourth-order valence-electron chi connectivity index (χ4n) is 1.64. The second-order valence-corrected chi connectivity index (χ2v) is 5.05. The number of carbonyl (C=O) groups excluding carboxylic acids is 1. The van der Waals surface area contributed by atoms with Gasteiger partial charge in [0.1, 0.15) is 0 Å². The van der Waals surface area contributed by atoms with E-state index in [1.165, 1.54) is 11.1 Å². The van der Waals surface area contributed by atoms with Crippen LogP contribution in [0.4, 0.5) is 5.69 Å². The largest absolute Gasteiger partial charge is 0.397 e. The Kier molecular flexibility index (Phi) is 3.94. The minimum absolute atomic E-state index is 0.0635. The highest BCUT2D eigenvalue weighted by molar-refractivity contribution is 7.09. The van der Waals surface area contributed by atoms with Gasteiger partial charge in [-0.15, -0.1) is 11.3 Å². The molecular formula is C13H15N3OS. The van der Waals surface area contributed by atoms with E-state index in [0.29, 0.717) is 17.8 Å². The van der Waals surface area contributed by atoms with Crippen LogP contribution in [-0.4, -0.2) is 29.4 Å². The van der Waals surface area contributed by atoms with Crippen molar-refractivity contribution in [2.75, 3.05) is 19.3 Å². The second-order valence-electron chi connectivity index (χ2n) is 4.02. The molecule has 2 aromatic heterocycles. The van der Waals surface area contributed by atoms with E-state index in [9.17, 15) is 4.79 Å². The van der Waals surface area contributed by atoms with Crippen molar-refractivity contribution in [3.63, 3.8) is 0 Å². The van der Waals surface area contributed by atoms with Crippen molar-refractivity contribution in [2.45, 2.75) is 6.42 Å². The van der Waals surface area contributed by atoms with E-state index in [1.807, 2.05) is 11.4 Å². The molecule has 1 amide bonds. The summed E-state index contributed by atoms with van der Waals surface area (Å²) in [6.07, 6.45) is 3.95. The fraction of sp³-hybridized carbons (Fsp3) is 0.231. The Morgan fingerprint density at radius 1 is 1.50 bits per heavy atom. The molecule has 5 heteroatoms. The number of pyridine rings is 1. The average Bonchev–Trinajstić information content (AvgIpc) is 2.89. The molecular weight excluding hydrogens is 246 g/mol. The van der Waals surface area contributed by atoms with E-state index in [2.05, 4.69) is 11.1 Å². The molecule has 2 rings (SSSR count). The van der Waals surface area contributed by atoms with Crippen LogP contribution in [0.15, 0.2) is 36.0 Å². The van der Waals surface area contributed by atoms with Crippen LogP contribution in [0.1, 0.15) is 15.2 Å². The molecule has 0 unspecified atom stereocenters. The number of rotatable bonds is 4. The van der Waals surface area contributed by atoms with Crippen LogP contribution in [0, 0.1) is 0 Å². The first kappa shape index (κ1) is 12.6. The number of carbonyl (C=O) groups is 1. The first-order valence-electron chi connectivity index (χ1n) is 5.66. The highest BCUT2D eigenvalue weighted by Crippen LogP contribution is 2.13. The molecule has 0 atom stereocenters. The van der Waals surface area contributed by atoms with Crippen LogP contribution >= 0.6 is 11.3 Å². The van der Waals surface area contributed by atoms with E-state index >= 15 is 0 Å². The lowest BCUT2D eigenvalue weighted by Gasteiger charge is -2.17. The number of likely N-dealkylation sites (N-methyl/N-ethyl adjacent to an activating group) is 1. The lowest BCUT2D eigenvalue weighted by atomic mass is 10.2. The van der Waals surface area contributed by atoms with E-state index in [1.54, 1.807) is 35.5 Å². The zero-order valence-corrected chi connectivity index (χ0v) is 11.0. The molecule has 4 nitrogen and oxygen atoms in total. The minimum atomic E-state index is -0.0635. The van der Waals surface area contributed by atoms with E-state index in [0.717, 1.165) is 6.42 Å². The number of thiophene rings is 1. The van der Waals surface area contributed by atoms with Gasteiger partial charge in [0.05, 0.1) is 17.4 Å². The summed E-state index contributed by atoms with van der Waals surface area (Å²) in [5.41, 5.74) is 6.68. The van der Waals surface area contributed by atoms with E-state index in [4.69, 9.17) is 5.73 Å². The molecule has 0 aliphatic heterocycles. The maximum atomic E-state index is 12.1. The SMILES string of the molecule is CN(CCc1cccs1)C(=O)c1ccncc1N. The summed E-state index contributed by atoms with van der Waals surface area (Å²) in [6.45, 7) is 0.682. The maximum Gasteiger partial charge on any atom is 0.255 e. The molecule has 2 N–H and O–H groups in total. The molecule has 0 aliphatic rings. The summed E-state index contributed by atoms with van der Waals surface area (Å²) in [5, 5.41) is 2.04. The third-order valence-corrected chi connectivity index (χ3v) is 3.64. The molecule has 0 bridgehead atoms. The van der Waals surface area contributed by atoms with Crippen LogP contribution in [0.5, 0.6) is 0 Å². The predicted molar refractivity (Wildman–Crippen MR) is 73.6 cm³/mol. The van der Waals surface area contributed by atoms with Gasteiger partial charge in [-0.2, -0.15) is 0 Å². The van der Waals surface area contributed by atoms with Gasteiger partial charge in [-0.25, -0.2) is 0 Å². The zero-order valence-electron chi connectivity index (χ0n) is 10.2. The normalized spacial score (nSPS) is 10.3. The number of hydrogen-bond acceptors (Lipinski definition) is 4. The molecule has 18 heavy (non-hydrogen) atoms. The number of aromatic nitrogens is 1. The Bertz CT molecular complexity index is 525. The predicted octanol–water partition coefficient (Wildman–Crippen LogP) is 2.04. The molecule has 0 spiro atoms. The van der Waals surface area contributed by atoms with Gasteiger partial charge in [-0.05, 0) is 23.9 Å². The minimum Gasteiger partial charge on any atom is -0.397 e. The smallest absolute Gasteiger partial charge is 0.255 e. The highest BCUT2D eigenvalue weighted by atomic mass is 32.1. The molecule has 0 saturated carbocycles. The number of nitrogens with zero attached hydrogens (tertiary/aromatic N) is 2. The number of anilines is 1. The molecule has 0 saturated heterocycles. The van der Waals surface area contributed by atoms with Crippen molar-refractivity contribution in [1.82, 2.24) is 9.88 Å². The third kappa shape index (κ3) is 2.87. The molecule has 0 aromatic carbocycles. The Morgan fingerprint density at radius 3 is 3.00 bits per heavy atom. The average molecular weight is 261 g/mol. The quantitative estimate of drug-likeness (QED) is 0.916. The van der Waals surface area contributed by atoms with Crippen molar-refractivity contribution in [1.29, 1.82) is 0 Å². The Morgan fingerprint density at radius 2 is 2.33 bits per heavy atom. The molecule has 0 aliphatic carbocycles. The van der Waals surface area contributed by atoms with Gasteiger partial charge in [0, 0.05) is 24.7 Å². The standard InChI is InChI=1S/C13H15N3OS/c1-16(7-5-10-3-2-8-18-10)13(17)11-4-6-15-9-12(11)14/h2-4,6,8-9H,5,7,14H2,1H3. The monoisotopic (exact) mass is 261 g/mol. The van der Waals surface area contributed by atoms with Gasteiger partial charge in [0.25, 0.3) is 5.91 Å². The first-order valence-corrected chi connectivity index (χ1v) is 6.54. The molecule has 0 radical (unpaired) electrons. The topological polar surface area (TPSA) is 59.2 Å². The van der Waals surface area contributed by atoms with E-state index in [-0.39, 0.29) is 5.91 Å². The molecule has 2 aromatic rings. The number of amides is 1. The molecule has 94 valence electrons. The summed E-state index contributed by atoms with van der Waals surface area (Å²) >= 11 is 1.70. The summed E-state index contributed by atoms with van der Waals surface area (Å²) in [4.78, 5) is 19.0. The van der Waals surface area contributed by atoms with Crippen molar-refractivity contribution >= 4 is 22.9 Å². The van der Waals surface area contributed by atoms with Crippen molar-refractivity contribution < 1.29 is 4.79 Å². The van der Waals surface area contributed by atoms with Gasteiger partial charge in [-0.3, -0.25) is 9.78 Å². The van der Waals surface area contributed by atoms with Gasteiger partial charge in [0.2, 0.25) is 0 Å². The summed E-state index contributed by atoms with van der Waals surface area (Å²) in [6, 6.07) is 5.74. The summed E-state index contributed by atoms with van der Waals surface area (Å²) < 4.78 is 0. The lowest BCUT2D eigenvalue weighted by molar-refractivity contribution is 0.0798. The van der Waals surface area contributed by atoms with Gasteiger partial charge >= 0.3 is 0 Å². The fourth-order valence-corrected chi connectivity index (χ4v) is 2.34. The van der Waals surface area contributed by atoms with E-state index < -0.39 is 0 Å². The highest BCUT2D eigenvalue weighted by Gasteiger charge is 2.14. The Hall–Kier alpha value is -1.88. The van der Waals surface area contributed by atoms with Crippen LogP contribution in [0.25, 0.3) is 0 Å². The molecule has 2 heterocycles. The number of nitrogens with two attached hydrogens (primary N) is 1. The summed E-state index contributed by atoms with van der Waals surface area (Å²) in [7, 11) is 1.79. The van der Waals surface area contributed by atoms with Crippen LogP contribution < -0.4 is 5.73 Å². The first-order chi connectivity index (χ1) is 8.68.